The first-order valence-electron chi connectivity index (χ1n) is 17.9. The standard InChI is InChI=1S/C23H44N4.C14H30/c1-7-9-11-13-15-17-23(18-16-14-12-10-8-2)27-26-22(6)19-21(5)25-24-20(3)4;1-4-6-8-10-12-14(3)13-11-9-7-5-2/h7-19H2,1-6H3;14H,4-13H2,1-3H3/b25-21+,26-22+;. The van der Waals surface area contributed by atoms with Crippen LogP contribution in [0.3, 0.4) is 0 Å². The van der Waals surface area contributed by atoms with Gasteiger partial charge in [-0.25, -0.2) is 0 Å². The maximum Gasteiger partial charge on any atom is 0.0431 e. The molecule has 0 rings (SSSR count). The first-order valence-corrected chi connectivity index (χ1v) is 17.9. The lowest BCUT2D eigenvalue weighted by atomic mass is 9.96. The Hall–Kier alpha value is -1.32. The molecule has 0 aliphatic heterocycles. The van der Waals surface area contributed by atoms with Crippen LogP contribution in [0.2, 0.25) is 0 Å². The largest absolute Gasteiger partial charge is 0.161 e. The van der Waals surface area contributed by atoms with Gasteiger partial charge in [0.1, 0.15) is 0 Å². The molecule has 0 radical (unpaired) electrons. The van der Waals surface area contributed by atoms with Gasteiger partial charge in [-0.05, 0) is 59.3 Å². The summed E-state index contributed by atoms with van der Waals surface area (Å²) in [4.78, 5) is 0. The molecule has 0 aliphatic carbocycles. The first kappa shape index (κ1) is 41.8. The summed E-state index contributed by atoms with van der Waals surface area (Å²) in [7, 11) is 0. The van der Waals surface area contributed by atoms with E-state index in [0.29, 0.717) is 0 Å². The van der Waals surface area contributed by atoms with Crippen LogP contribution < -0.4 is 0 Å². The summed E-state index contributed by atoms with van der Waals surface area (Å²) < 4.78 is 0. The van der Waals surface area contributed by atoms with E-state index in [-0.39, 0.29) is 0 Å². The van der Waals surface area contributed by atoms with Gasteiger partial charge in [0.05, 0.1) is 0 Å². The third kappa shape index (κ3) is 34.8. The molecule has 0 saturated carbocycles. The second kappa shape index (κ2) is 33.2. The summed E-state index contributed by atoms with van der Waals surface area (Å²) in [6.07, 6.45) is 30.4. The fourth-order valence-electron chi connectivity index (χ4n) is 4.86. The predicted octanol–water partition coefficient (Wildman–Crippen LogP) is 13.3. The van der Waals surface area contributed by atoms with Crippen molar-refractivity contribution in [2.24, 2.45) is 26.3 Å². The SMILES string of the molecule is CCCCCCC(C)CCCCCC.CCCCCCCC(CCCCCCC)=N/N=C(\C)C/C(C)=N/N=C(C)C. The van der Waals surface area contributed by atoms with Gasteiger partial charge in [-0.15, -0.1) is 0 Å². The zero-order chi connectivity index (χ0) is 31.0. The van der Waals surface area contributed by atoms with Gasteiger partial charge < -0.3 is 0 Å². The normalized spacial score (nSPS) is 11.9. The van der Waals surface area contributed by atoms with Crippen LogP contribution in [0.1, 0.15) is 210 Å². The Bertz CT molecular complexity index is 642. The van der Waals surface area contributed by atoms with Crippen LogP contribution in [0, 0.1) is 5.92 Å². The molecule has 0 spiro atoms. The minimum absolute atomic E-state index is 0.737. The molecule has 0 aromatic heterocycles. The predicted molar refractivity (Wildman–Crippen MR) is 190 cm³/mol. The van der Waals surface area contributed by atoms with Crippen LogP contribution in [0.5, 0.6) is 0 Å². The van der Waals surface area contributed by atoms with Gasteiger partial charge >= 0.3 is 0 Å². The molecular weight excluding hydrogens is 500 g/mol. The second-order valence-corrected chi connectivity index (χ2v) is 12.7. The first-order chi connectivity index (χ1) is 19.8. The van der Waals surface area contributed by atoms with Crippen LogP contribution in [0.15, 0.2) is 20.4 Å². The molecule has 0 fully saturated rings. The number of hydrogen-bond acceptors (Lipinski definition) is 4. The monoisotopic (exact) mass is 575 g/mol. The van der Waals surface area contributed by atoms with Gasteiger partial charge in [-0.1, -0.05) is 150 Å². The fourth-order valence-corrected chi connectivity index (χ4v) is 4.86. The van der Waals surface area contributed by atoms with Crippen molar-refractivity contribution in [3.05, 3.63) is 0 Å². The van der Waals surface area contributed by atoms with Crippen molar-refractivity contribution < 1.29 is 0 Å². The molecule has 0 amide bonds. The molecule has 0 aromatic rings. The molecule has 0 aliphatic rings. The highest BCUT2D eigenvalue weighted by atomic mass is 15.2. The summed E-state index contributed by atoms with van der Waals surface area (Å²) in [6, 6.07) is 0. The Morgan fingerprint density at radius 3 is 1.20 bits per heavy atom. The zero-order valence-electron chi connectivity index (χ0n) is 29.6. The molecule has 0 atom stereocenters. The van der Waals surface area contributed by atoms with Crippen LogP contribution >= 0.6 is 0 Å². The molecule has 0 bridgehead atoms. The van der Waals surface area contributed by atoms with Crippen LogP contribution in [-0.4, -0.2) is 22.8 Å². The quantitative estimate of drug-likeness (QED) is 0.0560. The van der Waals surface area contributed by atoms with Crippen molar-refractivity contribution in [1.82, 2.24) is 0 Å². The maximum absolute atomic E-state index is 4.62. The highest BCUT2D eigenvalue weighted by Crippen LogP contribution is 2.17. The molecule has 4 nitrogen and oxygen atoms in total. The van der Waals surface area contributed by atoms with Gasteiger partial charge in [0.25, 0.3) is 0 Å². The lowest BCUT2D eigenvalue weighted by molar-refractivity contribution is 0.436. The molecular formula is C37H74N4. The van der Waals surface area contributed by atoms with Crippen LogP contribution in [0.4, 0.5) is 0 Å². The molecule has 0 aromatic carbocycles. The molecule has 4 heteroatoms. The highest BCUT2D eigenvalue weighted by Gasteiger charge is 2.03. The Labute approximate surface area is 258 Å². The molecule has 242 valence electrons. The maximum atomic E-state index is 4.62. The van der Waals surface area contributed by atoms with Gasteiger partial charge in [-0.3, -0.25) is 0 Å². The molecule has 0 N–H and O–H groups in total. The topological polar surface area (TPSA) is 49.4 Å². The zero-order valence-corrected chi connectivity index (χ0v) is 29.6. The van der Waals surface area contributed by atoms with E-state index in [4.69, 9.17) is 0 Å². The molecule has 41 heavy (non-hydrogen) atoms. The summed E-state index contributed by atoms with van der Waals surface area (Å²) in [5, 5.41) is 17.5. The third-order valence-corrected chi connectivity index (χ3v) is 7.53. The van der Waals surface area contributed by atoms with Crippen molar-refractivity contribution in [2.45, 2.75) is 210 Å². The smallest absolute Gasteiger partial charge is 0.0431 e. The Morgan fingerprint density at radius 2 is 0.805 bits per heavy atom. The van der Waals surface area contributed by atoms with Crippen LogP contribution in [0.25, 0.3) is 0 Å². The lowest BCUT2D eigenvalue weighted by Gasteiger charge is -2.10. The van der Waals surface area contributed by atoms with E-state index in [0.717, 1.165) is 42.3 Å². The van der Waals surface area contributed by atoms with E-state index < -0.39 is 0 Å². The molecule has 0 saturated heterocycles. The summed E-state index contributed by atoms with van der Waals surface area (Å²) in [5.74, 6) is 0.976. The third-order valence-electron chi connectivity index (χ3n) is 7.53. The average Bonchev–Trinajstić information content (AvgIpc) is 2.95. The fraction of sp³-hybridized carbons (Fsp3) is 0.892. The van der Waals surface area contributed by atoms with E-state index in [1.54, 1.807) is 0 Å². The van der Waals surface area contributed by atoms with Gasteiger partial charge in [0, 0.05) is 29.3 Å². The highest BCUT2D eigenvalue weighted by molar-refractivity contribution is 6.02. The van der Waals surface area contributed by atoms with Gasteiger partial charge in [-0.2, -0.15) is 20.4 Å². The second-order valence-electron chi connectivity index (χ2n) is 12.7. The van der Waals surface area contributed by atoms with E-state index in [1.807, 2.05) is 27.7 Å². The van der Waals surface area contributed by atoms with E-state index in [1.165, 1.54) is 134 Å². The summed E-state index contributed by atoms with van der Waals surface area (Å²) in [6.45, 7) is 19.5. The van der Waals surface area contributed by atoms with Crippen molar-refractivity contribution in [3.8, 4) is 0 Å². The van der Waals surface area contributed by atoms with E-state index in [2.05, 4.69) is 55.0 Å². The Morgan fingerprint density at radius 1 is 0.439 bits per heavy atom. The number of nitrogens with zero attached hydrogens (tertiary/aromatic N) is 4. The van der Waals surface area contributed by atoms with Crippen molar-refractivity contribution in [3.63, 3.8) is 0 Å². The number of unbranched alkanes of at least 4 members (excludes halogenated alkanes) is 14. The Kier molecular flexibility index (Phi) is 33.8. The lowest BCUT2D eigenvalue weighted by Crippen LogP contribution is -2.02. The van der Waals surface area contributed by atoms with Crippen molar-refractivity contribution >= 4 is 22.8 Å². The minimum Gasteiger partial charge on any atom is -0.161 e. The summed E-state index contributed by atoms with van der Waals surface area (Å²) >= 11 is 0. The average molecular weight is 575 g/mol. The summed E-state index contributed by atoms with van der Waals surface area (Å²) in [5.41, 5.74) is 4.23. The van der Waals surface area contributed by atoms with E-state index >= 15 is 0 Å². The number of hydrogen-bond donors (Lipinski definition) is 0. The van der Waals surface area contributed by atoms with E-state index in [9.17, 15) is 0 Å². The number of rotatable bonds is 26. The minimum atomic E-state index is 0.737. The van der Waals surface area contributed by atoms with Gasteiger partial charge in [0.15, 0.2) is 0 Å². The van der Waals surface area contributed by atoms with Crippen LogP contribution in [-0.2, 0) is 0 Å². The Balaban J connectivity index is 0. The van der Waals surface area contributed by atoms with Gasteiger partial charge in [0.2, 0.25) is 0 Å². The van der Waals surface area contributed by atoms with Crippen molar-refractivity contribution in [2.75, 3.05) is 0 Å². The molecule has 0 heterocycles. The van der Waals surface area contributed by atoms with Crippen molar-refractivity contribution in [1.29, 1.82) is 0 Å². The molecule has 0 unspecified atom stereocenters.